The van der Waals surface area contributed by atoms with Crippen LogP contribution in [0.4, 0.5) is 0 Å². The highest BCUT2D eigenvalue weighted by Gasteiger charge is 2.39. The van der Waals surface area contributed by atoms with Crippen LogP contribution in [0.3, 0.4) is 0 Å². The Morgan fingerprint density at radius 3 is 1.39 bits per heavy atom. The minimum atomic E-state index is -2.25. The second-order valence-electron chi connectivity index (χ2n) is 16.1. The summed E-state index contributed by atoms with van der Waals surface area (Å²) in [4.78, 5) is 14.7. The average Bonchev–Trinajstić information content (AvgIpc) is 3.18. The molecule has 0 aliphatic heterocycles. The lowest BCUT2D eigenvalue weighted by atomic mass is 10.0. The lowest BCUT2D eigenvalue weighted by Gasteiger charge is -2.38. The van der Waals surface area contributed by atoms with Crippen LogP contribution in [0.25, 0.3) is 56.4 Å². The third-order valence-electron chi connectivity index (χ3n) is 9.71. The van der Waals surface area contributed by atoms with Crippen molar-refractivity contribution < 1.29 is 18.1 Å². The van der Waals surface area contributed by atoms with Crippen molar-refractivity contribution in [2.45, 2.75) is 85.0 Å². The number of rotatable bonds is 17. The van der Waals surface area contributed by atoms with Crippen LogP contribution in [-0.2, 0) is 8.23 Å². The third kappa shape index (κ3) is 12.1. The van der Waals surface area contributed by atoms with Crippen LogP contribution in [-0.4, -0.2) is 51.9 Å². The highest BCUT2D eigenvalue weighted by molar-refractivity contribution is 6.87. The summed E-state index contributed by atoms with van der Waals surface area (Å²) < 4.78 is 19.7. The fourth-order valence-corrected chi connectivity index (χ4v) is 21.4. The molecule has 6 rings (SSSR count). The highest BCUT2D eigenvalue weighted by atomic mass is 28.5. The minimum Gasteiger partial charge on any atom is -0.507 e. The van der Waals surface area contributed by atoms with Gasteiger partial charge in [0.25, 0.3) is 0 Å². The fourth-order valence-electron chi connectivity index (χ4n) is 7.17. The van der Waals surface area contributed by atoms with Crippen molar-refractivity contribution in [3.8, 4) is 67.9 Å². The zero-order valence-electron chi connectivity index (χ0n) is 33.9. The van der Waals surface area contributed by atoms with Crippen LogP contribution in [0.2, 0.25) is 51.4 Å². The first-order valence-electron chi connectivity index (χ1n) is 19.7. The Morgan fingerprint density at radius 2 is 0.930 bits per heavy atom. The topological polar surface area (TPSA) is 86.6 Å². The van der Waals surface area contributed by atoms with Crippen molar-refractivity contribution in [2.75, 3.05) is 6.61 Å². The maximum atomic E-state index is 11.4. The Hall–Kier alpha value is -4.72. The van der Waals surface area contributed by atoms with Crippen molar-refractivity contribution in [2.24, 2.45) is 0 Å². The summed E-state index contributed by atoms with van der Waals surface area (Å²) in [7, 11) is -5.97. The molecule has 298 valence electrons. The largest absolute Gasteiger partial charge is 0.507 e. The predicted molar refractivity (Wildman–Crippen MR) is 245 cm³/mol. The minimum absolute atomic E-state index is 0. The fraction of sp³-hybridized carbons (Fsp3) is 0.298. The van der Waals surface area contributed by atoms with E-state index in [9.17, 15) is 5.11 Å². The summed E-state index contributed by atoms with van der Waals surface area (Å²) >= 11 is 0. The maximum absolute atomic E-state index is 11.4. The molecule has 0 spiro atoms. The Labute approximate surface area is 343 Å². The second kappa shape index (κ2) is 19.1. The third-order valence-corrected chi connectivity index (χ3v) is 21.2. The summed E-state index contributed by atoms with van der Waals surface area (Å²) in [5.41, 5.74) is 6.70. The molecule has 0 amide bonds. The Kier molecular flexibility index (Phi) is 14.6. The van der Waals surface area contributed by atoms with Crippen LogP contribution in [0.15, 0.2) is 127 Å². The van der Waals surface area contributed by atoms with Crippen molar-refractivity contribution in [3.05, 3.63) is 127 Å². The van der Waals surface area contributed by atoms with Crippen molar-refractivity contribution in [3.63, 3.8) is 0 Å². The van der Waals surface area contributed by atoms with Gasteiger partial charge < -0.3 is 18.1 Å². The first kappa shape index (κ1) is 43.4. The smallest absolute Gasteiger partial charge is 0.311 e. The van der Waals surface area contributed by atoms with E-state index in [0.29, 0.717) is 35.4 Å². The molecule has 7 nitrogen and oxygen atoms in total. The molecule has 0 aliphatic rings. The zero-order chi connectivity index (χ0) is 39.8. The summed E-state index contributed by atoms with van der Waals surface area (Å²) in [5, 5.41) is 11.4. The van der Waals surface area contributed by atoms with Gasteiger partial charge in [0.15, 0.2) is 34.1 Å². The van der Waals surface area contributed by atoms with E-state index in [2.05, 4.69) is 94.7 Å². The molecule has 0 atom stereocenters. The number of aromatic hydroxyl groups is 1. The molecule has 1 heterocycles. The van der Waals surface area contributed by atoms with Gasteiger partial charge in [0.05, 0.1) is 12.2 Å². The van der Waals surface area contributed by atoms with Crippen LogP contribution in [0, 0.1) is 0 Å². The maximum Gasteiger partial charge on any atom is 0.311 e. The van der Waals surface area contributed by atoms with Crippen molar-refractivity contribution in [1.29, 1.82) is 0 Å². The quantitative estimate of drug-likeness (QED) is 0.0725. The SMILES string of the molecule is C.CCCC[Si](C)(C)O[Si](C)(C)O[Si](C)(C)CCCOc1ccc(-c2nc(-c3ccc(-c4ccccc4)cc3)nc(-c3ccc(-c4ccccc4)cc3)n2)c(O)c1. The van der Waals surface area contributed by atoms with E-state index in [-0.39, 0.29) is 13.2 Å². The molecule has 10 heteroatoms. The molecular weight excluding hydrogens is 755 g/mol. The van der Waals surface area contributed by atoms with Gasteiger partial charge in [-0.2, -0.15) is 0 Å². The number of ether oxygens (including phenoxy) is 1. The van der Waals surface area contributed by atoms with Gasteiger partial charge >= 0.3 is 8.56 Å². The molecule has 57 heavy (non-hydrogen) atoms. The molecule has 0 radical (unpaired) electrons. The summed E-state index contributed by atoms with van der Waals surface area (Å²) in [6, 6.07) is 44.5. The van der Waals surface area contributed by atoms with E-state index in [1.807, 2.05) is 72.8 Å². The van der Waals surface area contributed by atoms with Crippen LogP contribution in [0.5, 0.6) is 11.5 Å². The first-order chi connectivity index (χ1) is 26.8. The molecule has 0 saturated heterocycles. The highest BCUT2D eigenvalue weighted by Crippen LogP contribution is 2.34. The van der Waals surface area contributed by atoms with Crippen LogP contribution in [0.1, 0.15) is 33.6 Å². The number of hydrogen-bond acceptors (Lipinski definition) is 7. The molecule has 0 saturated carbocycles. The van der Waals surface area contributed by atoms with Gasteiger partial charge in [-0.05, 0) is 92.2 Å². The van der Waals surface area contributed by atoms with Gasteiger partial charge in [-0.15, -0.1) is 0 Å². The van der Waals surface area contributed by atoms with E-state index in [1.54, 1.807) is 6.07 Å². The number of nitrogens with zero attached hydrogens (tertiary/aromatic N) is 3. The number of unbranched alkanes of at least 4 members (excludes halogenated alkanes) is 1. The van der Waals surface area contributed by atoms with Crippen LogP contribution >= 0.6 is 0 Å². The average molecular weight is 814 g/mol. The standard InChI is InChI=1S/C46H55N3O4Si3.CH4/c1-8-9-32-54(2,3)52-56(6,7)53-55(4,5)33-16-31-51-41-29-30-42(43(50)34-41)46-48-44(39-25-21-37(22-26-39)35-17-12-10-13-18-35)47-45(49-46)40-27-23-38(24-28-40)36-19-14-11-15-20-36;/h10-15,17-30,34,50H,8-9,16,31-33H2,1-7H3;1H4. The van der Waals surface area contributed by atoms with E-state index in [1.165, 1.54) is 18.9 Å². The van der Waals surface area contributed by atoms with Gasteiger partial charge in [-0.3, -0.25) is 0 Å². The summed E-state index contributed by atoms with van der Waals surface area (Å²) in [5.74, 6) is 2.06. The lowest BCUT2D eigenvalue weighted by molar-refractivity contribution is 0.311. The lowest BCUT2D eigenvalue weighted by Crippen LogP contribution is -2.52. The summed E-state index contributed by atoms with van der Waals surface area (Å²) in [6.45, 7) is 16.3. The number of phenolic OH excluding ortho intramolecular Hbond substituents is 1. The molecule has 0 fully saturated rings. The number of aromatic nitrogens is 3. The molecular formula is C47H59N3O4Si3. The van der Waals surface area contributed by atoms with E-state index in [4.69, 9.17) is 27.9 Å². The van der Waals surface area contributed by atoms with Crippen LogP contribution < -0.4 is 4.74 Å². The van der Waals surface area contributed by atoms with E-state index in [0.717, 1.165) is 45.8 Å². The van der Waals surface area contributed by atoms with Gasteiger partial charge in [0.2, 0.25) is 0 Å². The first-order valence-corrected chi connectivity index (χ1v) is 28.8. The second-order valence-corrected chi connectivity index (χ2v) is 28.5. The predicted octanol–water partition coefficient (Wildman–Crippen LogP) is 13.3. The molecule has 0 unspecified atom stereocenters. The molecule has 1 N–H and O–H groups in total. The summed E-state index contributed by atoms with van der Waals surface area (Å²) in [6.07, 6.45) is 3.26. The molecule has 6 aromatic rings. The van der Waals surface area contributed by atoms with Gasteiger partial charge in [-0.25, -0.2) is 15.0 Å². The van der Waals surface area contributed by atoms with Gasteiger partial charge in [0.1, 0.15) is 11.5 Å². The normalized spacial score (nSPS) is 11.9. The number of benzene rings is 5. The molecule has 0 aliphatic carbocycles. The number of phenols is 1. The Balaban J connectivity index is 0.00000620. The Morgan fingerprint density at radius 1 is 0.509 bits per heavy atom. The molecule has 1 aromatic heterocycles. The van der Waals surface area contributed by atoms with Gasteiger partial charge in [-0.1, -0.05) is 136 Å². The zero-order valence-corrected chi connectivity index (χ0v) is 36.9. The molecule has 0 bridgehead atoms. The van der Waals surface area contributed by atoms with Crippen molar-refractivity contribution in [1.82, 2.24) is 15.0 Å². The van der Waals surface area contributed by atoms with Gasteiger partial charge in [0, 0.05) is 17.2 Å². The monoisotopic (exact) mass is 813 g/mol. The van der Waals surface area contributed by atoms with E-state index >= 15 is 0 Å². The molecule has 5 aromatic carbocycles. The van der Waals surface area contributed by atoms with Crippen molar-refractivity contribution >= 4 is 25.2 Å². The van der Waals surface area contributed by atoms with E-state index < -0.39 is 25.2 Å². The Bertz CT molecular complexity index is 2080. The number of hydrogen-bond donors (Lipinski definition) is 1.